The second kappa shape index (κ2) is 8.31. The number of aryl methyl sites for hydroxylation is 2. The van der Waals surface area contributed by atoms with Crippen LogP contribution in [0.3, 0.4) is 0 Å². The van der Waals surface area contributed by atoms with Crippen molar-refractivity contribution in [3.8, 4) is 0 Å². The minimum absolute atomic E-state index is 0.289. The van der Waals surface area contributed by atoms with Gasteiger partial charge in [-0.1, -0.05) is 29.8 Å². The molecule has 0 unspecified atom stereocenters. The molecule has 6 heteroatoms. The fraction of sp³-hybridized carbons (Fsp3) is 0.190. The Labute approximate surface area is 158 Å². The van der Waals surface area contributed by atoms with E-state index in [2.05, 4.69) is 20.6 Å². The van der Waals surface area contributed by atoms with E-state index in [0.29, 0.717) is 17.2 Å². The number of benzene rings is 2. The van der Waals surface area contributed by atoms with Crippen molar-refractivity contribution in [2.24, 2.45) is 0 Å². The molecule has 27 heavy (non-hydrogen) atoms. The first-order chi connectivity index (χ1) is 13.1. The van der Waals surface area contributed by atoms with Gasteiger partial charge in [0.2, 0.25) is 0 Å². The highest BCUT2D eigenvalue weighted by molar-refractivity contribution is 5.95. The van der Waals surface area contributed by atoms with Crippen LogP contribution in [0.4, 0.5) is 22.9 Å². The summed E-state index contributed by atoms with van der Waals surface area (Å²) in [5, 5.41) is 6.62. The van der Waals surface area contributed by atoms with Crippen LogP contribution in [-0.4, -0.2) is 22.5 Å². The molecular weight excluding hydrogens is 340 g/mol. The number of rotatable bonds is 6. The Bertz CT molecular complexity index is 939. The highest BCUT2D eigenvalue weighted by Crippen LogP contribution is 2.29. The number of para-hydroxylation sites is 2. The number of ether oxygens (including phenoxy) is 1. The first-order valence-electron chi connectivity index (χ1n) is 8.77. The largest absolute Gasteiger partial charge is 0.462 e. The quantitative estimate of drug-likeness (QED) is 0.616. The van der Waals surface area contributed by atoms with Crippen LogP contribution in [0, 0.1) is 13.8 Å². The van der Waals surface area contributed by atoms with Crippen molar-refractivity contribution < 1.29 is 9.53 Å². The SMILES string of the molecule is CCOC(=O)c1cnc(C)nc1Nc1ccccc1Nc1ccc(C)cc1. The maximum absolute atomic E-state index is 12.2. The molecule has 6 nitrogen and oxygen atoms in total. The van der Waals surface area contributed by atoms with Gasteiger partial charge in [-0.3, -0.25) is 0 Å². The molecule has 1 heterocycles. The fourth-order valence-electron chi connectivity index (χ4n) is 2.54. The van der Waals surface area contributed by atoms with Crippen LogP contribution in [0.2, 0.25) is 0 Å². The summed E-state index contributed by atoms with van der Waals surface area (Å²) in [6, 6.07) is 15.9. The lowest BCUT2D eigenvalue weighted by Gasteiger charge is -2.15. The van der Waals surface area contributed by atoms with Crippen LogP contribution in [0.15, 0.2) is 54.7 Å². The van der Waals surface area contributed by atoms with E-state index in [1.54, 1.807) is 13.8 Å². The lowest BCUT2D eigenvalue weighted by molar-refractivity contribution is 0.0526. The number of hydrogen-bond acceptors (Lipinski definition) is 6. The molecule has 0 atom stereocenters. The van der Waals surface area contributed by atoms with E-state index in [1.165, 1.54) is 11.8 Å². The summed E-state index contributed by atoms with van der Waals surface area (Å²) in [6.07, 6.45) is 1.48. The molecule has 0 radical (unpaired) electrons. The normalized spacial score (nSPS) is 10.3. The van der Waals surface area contributed by atoms with Gasteiger partial charge in [-0.05, 0) is 45.0 Å². The van der Waals surface area contributed by atoms with Gasteiger partial charge >= 0.3 is 5.97 Å². The van der Waals surface area contributed by atoms with Crippen molar-refractivity contribution in [1.29, 1.82) is 0 Å². The number of aromatic nitrogens is 2. The Kier molecular flexibility index (Phi) is 5.66. The van der Waals surface area contributed by atoms with Crippen molar-refractivity contribution >= 4 is 28.8 Å². The molecule has 0 amide bonds. The number of nitrogens with one attached hydrogen (secondary N) is 2. The zero-order valence-electron chi connectivity index (χ0n) is 15.6. The predicted molar refractivity (Wildman–Crippen MR) is 107 cm³/mol. The molecule has 0 fully saturated rings. The van der Waals surface area contributed by atoms with Crippen molar-refractivity contribution in [3.05, 3.63) is 71.7 Å². The fourth-order valence-corrected chi connectivity index (χ4v) is 2.54. The van der Waals surface area contributed by atoms with Gasteiger partial charge in [0.1, 0.15) is 17.2 Å². The third-order valence-electron chi connectivity index (χ3n) is 3.92. The zero-order valence-corrected chi connectivity index (χ0v) is 15.6. The molecule has 2 aromatic carbocycles. The molecule has 138 valence electrons. The molecule has 0 bridgehead atoms. The number of carbonyl (C=O) groups excluding carboxylic acids is 1. The molecule has 0 saturated heterocycles. The maximum Gasteiger partial charge on any atom is 0.343 e. The van der Waals surface area contributed by atoms with E-state index in [-0.39, 0.29) is 6.61 Å². The molecule has 0 aliphatic carbocycles. The van der Waals surface area contributed by atoms with Gasteiger partial charge in [-0.25, -0.2) is 14.8 Å². The van der Waals surface area contributed by atoms with Crippen LogP contribution in [0.5, 0.6) is 0 Å². The molecule has 3 aromatic rings. The Morgan fingerprint density at radius 2 is 1.67 bits per heavy atom. The minimum Gasteiger partial charge on any atom is -0.462 e. The number of esters is 1. The van der Waals surface area contributed by atoms with Crippen LogP contribution >= 0.6 is 0 Å². The van der Waals surface area contributed by atoms with E-state index in [0.717, 1.165) is 17.1 Å². The third-order valence-corrected chi connectivity index (χ3v) is 3.92. The first kappa shape index (κ1) is 18.4. The Morgan fingerprint density at radius 3 is 2.33 bits per heavy atom. The topological polar surface area (TPSA) is 76.1 Å². The van der Waals surface area contributed by atoms with Gasteiger partial charge in [0.15, 0.2) is 0 Å². The number of anilines is 4. The van der Waals surface area contributed by atoms with Crippen molar-refractivity contribution in [3.63, 3.8) is 0 Å². The van der Waals surface area contributed by atoms with Gasteiger partial charge in [-0.15, -0.1) is 0 Å². The van der Waals surface area contributed by atoms with Gasteiger partial charge in [0, 0.05) is 11.9 Å². The lowest BCUT2D eigenvalue weighted by atomic mass is 10.2. The third kappa shape index (κ3) is 4.61. The number of hydrogen-bond donors (Lipinski definition) is 2. The summed E-state index contributed by atoms with van der Waals surface area (Å²) in [4.78, 5) is 20.7. The van der Waals surface area contributed by atoms with Gasteiger partial charge in [-0.2, -0.15) is 0 Å². The van der Waals surface area contributed by atoms with E-state index in [1.807, 2.05) is 55.5 Å². The zero-order chi connectivity index (χ0) is 19.2. The number of carbonyl (C=O) groups is 1. The Morgan fingerprint density at radius 1 is 1.00 bits per heavy atom. The lowest BCUT2D eigenvalue weighted by Crippen LogP contribution is -2.11. The highest BCUT2D eigenvalue weighted by atomic mass is 16.5. The summed E-state index contributed by atoms with van der Waals surface area (Å²) in [6.45, 7) is 5.88. The molecule has 0 spiro atoms. The van der Waals surface area contributed by atoms with E-state index in [9.17, 15) is 4.79 Å². The molecular formula is C21H22N4O2. The van der Waals surface area contributed by atoms with Gasteiger partial charge in [0.05, 0.1) is 18.0 Å². The summed E-state index contributed by atoms with van der Waals surface area (Å²) in [5.74, 6) is 0.526. The first-order valence-corrected chi connectivity index (χ1v) is 8.77. The van der Waals surface area contributed by atoms with Crippen LogP contribution < -0.4 is 10.6 Å². The van der Waals surface area contributed by atoms with E-state index < -0.39 is 5.97 Å². The van der Waals surface area contributed by atoms with Gasteiger partial charge < -0.3 is 15.4 Å². The highest BCUT2D eigenvalue weighted by Gasteiger charge is 2.16. The van der Waals surface area contributed by atoms with Crippen LogP contribution in [0.25, 0.3) is 0 Å². The van der Waals surface area contributed by atoms with Crippen LogP contribution in [-0.2, 0) is 4.74 Å². The summed E-state index contributed by atoms with van der Waals surface area (Å²) >= 11 is 0. The summed E-state index contributed by atoms with van der Waals surface area (Å²) in [7, 11) is 0. The van der Waals surface area contributed by atoms with Crippen molar-refractivity contribution in [1.82, 2.24) is 9.97 Å². The second-order valence-corrected chi connectivity index (χ2v) is 6.06. The average molecular weight is 362 g/mol. The predicted octanol–water partition coefficient (Wildman–Crippen LogP) is 4.76. The smallest absolute Gasteiger partial charge is 0.343 e. The summed E-state index contributed by atoms with van der Waals surface area (Å²) < 4.78 is 5.11. The molecule has 0 aliphatic rings. The Hall–Kier alpha value is -3.41. The maximum atomic E-state index is 12.2. The number of nitrogens with zero attached hydrogens (tertiary/aromatic N) is 2. The average Bonchev–Trinajstić information content (AvgIpc) is 2.65. The van der Waals surface area contributed by atoms with Crippen molar-refractivity contribution in [2.45, 2.75) is 20.8 Å². The second-order valence-electron chi connectivity index (χ2n) is 6.06. The monoisotopic (exact) mass is 362 g/mol. The Balaban J connectivity index is 1.91. The van der Waals surface area contributed by atoms with Crippen LogP contribution in [0.1, 0.15) is 28.7 Å². The standard InChI is InChI=1S/C21H22N4O2/c1-4-27-21(26)17-13-22-15(3)23-20(17)25-19-8-6-5-7-18(19)24-16-11-9-14(2)10-12-16/h5-13,24H,4H2,1-3H3,(H,22,23,25). The minimum atomic E-state index is -0.455. The van der Waals surface area contributed by atoms with E-state index in [4.69, 9.17) is 4.74 Å². The van der Waals surface area contributed by atoms with Crippen molar-refractivity contribution in [2.75, 3.05) is 17.2 Å². The molecule has 3 rings (SSSR count). The molecule has 2 N–H and O–H groups in total. The van der Waals surface area contributed by atoms with Gasteiger partial charge in [0.25, 0.3) is 0 Å². The molecule has 1 aromatic heterocycles. The summed E-state index contributed by atoms with van der Waals surface area (Å²) in [5.41, 5.74) is 4.13. The van der Waals surface area contributed by atoms with E-state index >= 15 is 0 Å². The molecule has 0 aliphatic heterocycles. The molecule has 0 saturated carbocycles.